The Bertz CT molecular complexity index is 311. The van der Waals surface area contributed by atoms with Gasteiger partial charge in [0.15, 0.2) is 9.84 Å². The molecule has 0 amide bonds. The normalized spacial score (nSPS) is 36.3. The predicted molar refractivity (Wildman–Crippen MR) is 53.8 cm³/mol. The summed E-state index contributed by atoms with van der Waals surface area (Å²) in [6, 6.07) is 0.399. The van der Waals surface area contributed by atoms with Crippen LogP contribution in [0.1, 0.15) is 19.8 Å². The lowest BCUT2D eigenvalue weighted by Crippen LogP contribution is -2.50. The molecule has 0 bridgehead atoms. The number of sulfone groups is 1. The van der Waals surface area contributed by atoms with Gasteiger partial charge < -0.3 is 4.74 Å². The van der Waals surface area contributed by atoms with Crippen molar-refractivity contribution in [1.82, 2.24) is 4.90 Å². The first-order valence-electron chi connectivity index (χ1n) is 5.03. The van der Waals surface area contributed by atoms with Gasteiger partial charge >= 0.3 is 0 Å². The van der Waals surface area contributed by atoms with E-state index in [0.717, 1.165) is 6.61 Å². The standard InChI is InChI=1S/C9H17NO3S/c1-8-7-13-9(10(8)2)3-5-14(11,12)6-4-9/h8H,3-7H2,1-2H3/t8-/m1/s1. The van der Waals surface area contributed by atoms with Crippen molar-refractivity contribution in [2.45, 2.75) is 31.5 Å². The van der Waals surface area contributed by atoms with Crippen LogP contribution in [0.2, 0.25) is 0 Å². The monoisotopic (exact) mass is 219 g/mol. The van der Waals surface area contributed by atoms with Crippen LogP contribution in [0.4, 0.5) is 0 Å². The minimum Gasteiger partial charge on any atom is -0.359 e. The van der Waals surface area contributed by atoms with Crippen molar-refractivity contribution in [2.24, 2.45) is 0 Å². The fourth-order valence-corrected chi connectivity index (χ4v) is 3.71. The van der Waals surface area contributed by atoms with Gasteiger partial charge in [-0.1, -0.05) is 0 Å². The van der Waals surface area contributed by atoms with Gasteiger partial charge in [-0.05, 0) is 14.0 Å². The van der Waals surface area contributed by atoms with Crippen LogP contribution in [0.3, 0.4) is 0 Å². The number of hydrogen-bond donors (Lipinski definition) is 0. The summed E-state index contributed by atoms with van der Waals surface area (Å²) >= 11 is 0. The summed E-state index contributed by atoms with van der Waals surface area (Å²) in [5, 5.41) is 0. The Morgan fingerprint density at radius 3 is 2.36 bits per heavy atom. The van der Waals surface area contributed by atoms with Crippen LogP contribution < -0.4 is 0 Å². The second-order valence-corrected chi connectivity index (χ2v) is 6.67. The van der Waals surface area contributed by atoms with E-state index in [2.05, 4.69) is 11.8 Å². The Hall–Kier alpha value is -0.130. The zero-order valence-electron chi connectivity index (χ0n) is 8.69. The zero-order valence-corrected chi connectivity index (χ0v) is 9.51. The highest BCUT2D eigenvalue weighted by Gasteiger charge is 2.47. The zero-order chi connectivity index (χ0) is 10.4. The molecule has 0 saturated carbocycles. The molecule has 0 N–H and O–H groups in total. The third-order valence-corrected chi connectivity index (χ3v) is 5.16. The fraction of sp³-hybridized carbons (Fsp3) is 1.00. The Kier molecular flexibility index (Phi) is 2.36. The van der Waals surface area contributed by atoms with Crippen LogP contribution in [-0.2, 0) is 14.6 Å². The Balaban J connectivity index is 2.14. The molecule has 2 aliphatic rings. The van der Waals surface area contributed by atoms with Gasteiger partial charge in [-0.15, -0.1) is 0 Å². The van der Waals surface area contributed by atoms with E-state index < -0.39 is 9.84 Å². The van der Waals surface area contributed by atoms with Crippen molar-refractivity contribution >= 4 is 9.84 Å². The van der Waals surface area contributed by atoms with Crippen molar-refractivity contribution in [2.75, 3.05) is 25.2 Å². The first-order valence-corrected chi connectivity index (χ1v) is 6.85. The summed E-state index contributed by atoms with van der Waals surface area (Å²) in [4.78, 5) is 2.18. The molecule has 0 aromatic rings. The van der Waals surface area contributed by atoms with Crippen LogP contribution in [0.15, 0.2) is 0 Å². The third kappa shape index (κ3) is 1.57. The number of hydrogen-bond acceptors (Lipinski definition) is 4. The number of ether oxygens (including phenoxy) is 1. The van der Waals surface area contributed by atoms with Crippen molar-refractivity contribution in [3.05, 3.63) is 0 Å². The topological polar surface area (TPSA) is 46.6 Å². The molecule has 2 aliphatic heterocycles. The molecule has 14 heavy (non-hydrogen) atoms. The molecule has 82 valence electrons. The number of rotatable bonds is 0. The van der Waals surface area contributed by atoms with Crippen LogP contribution in [0.25, 0.3) is 0 Å². The van der Waals surface area contributed by atoms with E-state index in [1.54, 1.807) is 0 Å². The second-order valence-electron chi connectivity index (χ2n) is 4.37. The molecule has 5 heteroatoms. The largest absolute Gasteiger partial charge is 0.359 e. The molecule has 0 aromatic carbocycles. The number of nitrogens with zero attached hydrogens (tertiary/aromatic N) is 1. The lowest BCUT2D eigenvalue weighted by atomic mass is 10.1. The van der Waals surface area contributed by atoms with Crippen LogP contribution in [0.5, 0.6) is 0 Å². The minimum atomic E-state index is -2.79. The summed E-state index contributed by atoms with van der Waals surface area (Å²) in [5.41, 5.74) is -0.287. The SMILES string of the molecule is C[C@@H]1COC2(CCS(=O)(=O)CC2)N1C. The molecule has 0 radical (unpaired) electrons. The minimum absolute atomic E-state index is 0.268. The van der Waals surface area contributed by atoms with Gasteiger partial charge in [0.05, 0.1) is 18.1 Å². The summed E-state index contributed by atoms with van der Waals surface area (Å²) in [6.45, 7) is 2.83. The van der Waals surface area contributed by atoms with Gasteiger partial charge in [-0.25, -0.2) is 8.42 Å². The van der Waals surface area contributed by atoms with Crippen LogP contribution in [0, 0.1) is 0 Å². The quantitative estimate of drug-likeness (QED) is 0.585. The van der Waals surface area contributed by atoms with E-state index in [-0.39, 0.29) is 17.2 Å². The molecule has 2 saturated heterocycles. The Labute approximate surface area is 85.1 Å². The summed E-state index contributed by atoms with van der Waals surface area (Å²) in [6.07, 6.45) is 1.24. The summed E-state index contributed by atoms with van der Waals surface area (Å²) in [7, 11) is -0.770. The van der Waals surface area contributed by atoms with E-state index in [1.807, 2.05) is 7.05 Å². The van der Waals surface area contributed by atoms with Crippen molar-refractivity contribution in [1.29, 1.82) is 0 Å². The average molecular weight is 219 g/mol. The maximum atomic E-state index is 11.3. The fourth-order valence-electron chi connectivity index (χ4n) is 2.25. The average Bonchev–Trinajstić information content (AvgIpc) is 2.40. The Morgan fingerprint density at radius 1 is 1.36 bits per heavy atom. The first-order chi connectivity index (χ1) is 6.45. The molecule has 2 heterocycles. The van der Waals surface area contributed by atoms with Crippen LogP contribution >= 0.6 is 0 Å². The van der Waals surface area contributed by atoms with Gasteiger partial charge in [-0.2, -0.15) is 0 Å². The smallest absolute Gasteiger partial charge is 0.150 e. The summed E-state index contributed by atoms with van der Waals surface area (Å²) in [5.74, 6) is 0.536. The highest BCUT2D eigenvalue weighted by atomic mass is 32.2. The van der Waals surface area contributed by atoms with Gasteiger partial charge in [0.25, 0.3) is 0 Å². The molecule has 0 aromatic heterocycles. The van der Waals surface area contributed by atoms with Gasteiger partial charge in [0, 0.05) is 18.9 Å². The highest BCUT2D eigenvalue weighted by molar-refractivity contribution is 7.91. The first kappa shape index (κ1) is 10.4. The van der Waals surface area contributed by atoms with E-state index in [1.165, 1.54) is 0 Å². The molecule has 0 unspecified atom stereocenters. The molecule has 0 aliphatic carbocycles. The van der Waals surface area contributed by atoms with Gasteiger partial charge in [-0.3, -0.25) is 4.90 Å². The molecule has 1 spiro atoms. The molecular formula is C9H17NO3S. The van der Waals surface area contributed by atoms with E-state index in [9.17, 15) is 8.42 Å². The molecule has 2 rings (SSSR count). The van der Waals surface area contributed by atoms with E-state index in [0.29, 0.717) is 18.9 Å². The van der Waals surface area contributed by atoms with E-state index in [4.69, 9.17) is 4.74 Å². The maximum absolute atomic E-state index is 11.3. The predicted octanol–water partition coefficient (Wildman–Crippen LogP) is 0.242. The van der Waals surface area contributed by atoms with Crippen LogP contribution in [-0.4, -0.2) is 50.2 Å². The second kappa shape index (κ2) is 3.18. The molecular weight excluding hydrogens is 202 g/mol. The molecule has 4 nitrogen and oxygen atoms in total. The van der Waals surface area contributed by atoms with E-state index >= 15 is 0 Å². The van der Waals surface area contributed by atoms with Gasteiger partial charge in [0.2, 0.25) is 0 Å². The van der Waals surface area contributed by atoms with Gasteiger partial charge in [0.1, 0.15) is 5.72 Å². The lowest BCUT2D eigenvalue weighted by molar-refractivity contribution is -0.0807. The number of likely N-dealkylation sites (N-methyl/N-ethyl adjacent to an activating group) is 1. The lowest BCUT2D eigenvalue weighted by Gasteiger charge is -2.38. The third-order valence-electron chi connectivity index (χ3n) is 3.50. The Morgan fingerprint density at radius 2 is 1.93 bits per heavy atom. The molecule has 1 atom stereocenters. The maximum Gasteiger partial charge on any atom is 0.150 e. The van der Waals surface area contributed by atoms with Crippen molar-refractivity contribution in [3.63, 3.8) is 0 Å². The van der Waals surface area contributed by atoms with Crippen molar-refractivity contribution < 1.29 is 13.2 Å². The molecule has 2 fully saturated rings. The highest BCUT2D eigenvalue weighted by Crippen LogP contribution is 2.36. The summed E-state index contributed by atoms with van der Waals surface area (Å²) < 4.78 is 28.4. The van der Waals surface area contributed by atoms with Crippen molar-refractivity contribution in [3.8, 4) is 0 Å².